The Morgan fingerprint density at radius 3 is 2.30 bits per heavy atom. The number of carbonyl (C=O) groups excluding carboxylic acids is 1. The van der Waals surface area contributed by atoms with E-state index in [0.717, 1.165) is 28.9 Å². The Balaban J connectivity index is 1.72. The monoisotopic (exact) mass is 404 g/mol. The fourth-order valence-corrected chi connectivity index (χ4v) is 3.33. The molecule has 156 valence electrons. The zero-order valence-electron chi connectivity index (χ0n) is 17.8. The van der Waals surface area contributed by atoms with Crippen molar-refractivity contribution in [1.82, 2.24) is 0 Å². The zero-order valence-corrected chi connectivity index (χ0v) is 17.8. The second kappa shape index (κ2) is 10.6. The Bertz CT molecular complexity index is 977. The molecule has 4 heteroatoms. The van der Waals surface area contributed by atoms with E-state index >= 15 is 0 Å². The topological polar surface area (TPSA) is 44.8 Å². The van der Waals surface area contributed by atoms with Gasteiger partial charge in [0.25, 0.3) is 0 Å². The third-order valence-electron chi connectivity index (χ3n) is 5.05. The molecule has 3 aromatic rings. The summed E-state index contributed by atoms with van der Waals surface area (Å²) in [5, 5.41) is 0. The largest absolute Gasteiger partial charge is 0.491 e. The minimum atomic E-state index is 0.470. The standard InChI is InChI=1S/C26H28O4/c1-4-28-14-15-29-24-12-13-25(19(2)16-24)26-7-5-6-22(20(26)3)18-30-23-10-8-21(17-27)9-11-23/h5-13,16-17H,4,14-15,18H2,1-3H3. The van der Waals surface area contributed by atoms with Crippen LogP contribution in [0.5, 0.6) is 11.5 Å². The first-order chi connectivity index (χ1) is 14.6. The van der Waals surface area contributed by atoms with Crippen molar-refractivity contribution in [2.24, 2.45) is 0 Å². The van der Waals surface area contributed by atoms with Crippen LogP contribution >= 0.6 is 0 Å². The van der Waals surface area contributed by atoms with Crippen LogP contribution in [0.1, 0.15) is 34.0 Å². The van der Waals surface area contributed by atoms with Gasteiger partial charge in [0.1, 0.15) is 31.0 Å². The molecule has 0 aliphatic carbocycles. The predicted molar refractivity (Wildman–Crippen MR) is 120 cm³/mol. The van der Waals surface area contributed by atoms with Gasteiger partial charge in [-0.1, -0.05) is 24.3 Å². The summed E-state index contributed by atoms with van der Waals surface area (Å²) in [5.41, 5.74) is 6.49. The molecule has 30 heavy (non-hydrogen) atoms. The van der Waals surface area contributed by atoms with Gasteiger partial charge in [0.2, 0.25) is 0 Å². The van der Waals surface area contributed by atoms with Crippen molar-refractivity contribution in [2.75, 3.05) is 19.8 Å². The molecule has 0 unspecified atom stereocenters. The number of hydrogen-bond acceptors (Lipinski definition) is 4. The first-order valence-corrected chi connectivity index (χ1v) is 10.2. The molecule has 0 N–H and O–H groups in total. The molecule has 3 aromatic carbocycles. The summed E-state index contributed by atoms with van der Waals surface area (Å²) in [7, 11) is 0. The van der Waals surface area contributed by atoms with Gasteiger partial charge in [-0.25, -0.2) is 0 Å². The number of carbonyl (C=O) groups is 1. The molecule has 0 aliphatic rings. The lowest BCUT2D eigenvalue weighted by Crippen LogP contribution is -2.06. The molecule has 0 spiro atoms. The average molecular weight is 405 g/mol. The number of hydrogen-bond donors (Lipinski definition) is 0. The van der Waals surface area contributed by atoms with E-state index in [0.29, 0.717) is 32.0 Å². The summed E-state index contributed by atoms with van der Waals surface area (Å²) < 4.78 is 17.0. The lowest BCUT2D eigenvalue weighted by molar-refractivity contribution is 0.110. The number of aryl methyl sites for hydroxylation is 1. The molecule has 4 nitrogen and oxygen atoms in total. The Morgan fingerprint density at radius 1 is 0.833 bits per heavy atom. The zero-order chi connectivity index (χ0) is 21.3. The quantitative estimate of drug-likeness (QED) is 0.317. The number of benzene rings is 3. The van der Waals surface area contributed by atoms with Crippen LogP contribution in [0.3, 0.4) is 0 Å². The van der Waals surface area contributed by atoms with Crippen molar-refractivity contribution in [3.05, 3.63) is 82.9 Å². The third-order valence-corrected chi connectivity index (χ3v) is 5.05. The Kier molecular flexibility index (Phi) is 7.63. The molecule has 3 rings (SSSR count). The molecule has 0 amide bonds. The second-order valence-electron chi connectivity index (χ2n) is 7.09. The van der Waals surface area contributed by atoms with Crippen molar-refractivity contribution in [3.8, 4) is 22.6 Å². The maximum absolute atomic E-state index is 10.8. The molecule has 0 aromatic heterocycles. The molecule has 0 saturated heterocycles. The van der Waals surface area contributed by atoms with Crippen molar-refractivity contribution in [1.29, 1.82) is 0 Å². The summed E-state index contributed by atoms with van der Waals surface area (Å²) in [4.78, 5) is 10.8. The third kappa shape index (κ3) is 5.49. The first kappa shape index (κ1) is 21.6. The van der Waals surface area contributed by atoms with E-state index in [9.17, 15) is 4.79 Å². The Hall–Kier alpha value is -3.11. The minimum Gasteiger partial charge on any atom is -0.491 e. The fourth-order valence-electron chi connectivity index (χ4n) is 3.33. The summed E-state index contributed by atoms with van der Waals surface area (Å²) in [5.74, 6) is 1.60. The molecule has 0 aliphatic heterocycles. The summed E-state index contributed by atoms with van der Waals surface area (Å²) in [6.07, 6.45) is 0.828. The summed E-state index contributed by atoms with van der Waals surface area (Å²) >= 11 is 0. The van der Waals surface area contributed by atoms with Gasteiger partial charge < -0.3 is 14.2 Å². The van der Waals surface area contributed by atoms with Crippen molar-refractivity contribution in [3.63, 3.8) is 0 Å². The molecule has 0 atom stereocenters. The van der Waals surface area contributed by atoms with Crippen LogP contribution in [0, 0.1) is 13.8 Å². The second-order valence-corrected chi connectivity index (χ2v) is 7.09. The molecule has 0 bridgehead atoms. The lowest BCUT2D eigenvalue weighted by Gasteiger charge is -2.15. The number of rotatable bonds is 10. The number of aldehydes is 1. The Labute approximate surface area is 178 Å². The van der Waals surface area contributed by atoms with E-state index in [4.69, 9.17) is 14.2 Å². The lowest BCUT2D eigenvalue weighted by atomic mass is 9.94. The highest BCUT2D eigenvalue weighted by atomic mass is 16.5. The van der Waals surface area contributed by atoms with E-state index < -0.39 is 0 Å². The fraction of sp³-hybridized carbons (Fsp3) is 0.269. The normalized spacial score (nSPS) is 10.6. The van der Waals surface area contributed by atoms with Crippen LogP contribution in [0.4, 0.5) is 0 Å². The van der Waals surface area contributed by atoms with Crippen LogP contribution in [0.25, 0.3) is 11.1 Å². The highest BCUT2D eigenvalue weighted by Crippen LogP contribution is 2.31. The van der Waals surface area contributed by atoms with E-state index in [1.807, 2.05) is 25.1 Å². The van der Waals surface area contributed by atoms with Gasteiger partial charge in [-0.05, 0) is 85.0 Å². The van der Waals surface area contributed by atoms with Gasteiger partial charge in [-0.2, -0.15) is 0 Å². The van der Waals surface area contributed by atoms with Crippen molar-refractivity contribution >= 4 is 6.29 Å². The Morgan fingerprint density at radius 2 is 1.60 bits per heavy atom. The molecular weight excluding hydrogens is 376 g/mol. The maximum atomic E-state index is 10.8. The van der Waals surface area contributed by atoms with Crippen molar-refractivity contribution in [2.45, 2.75) is 27.4 Å². The first-order valence-electron chi connectivity index (χ1n) is 10.2. The maximum Gasteiger partial charge on any atom is 0.150 e. The van der Waals surface area contributed by atoms with E-state index in [2.05, 4.69) is 44.2 Å². The van der Waals surface area contributed by atoms with Gasteiger partial charge in [0, 0.05) is 12.2 Å². The smallest absolute Gasteiger partial charge is 0.150 e. The highest BCUT2D eigenvalue weighted by Gasteiger charge is 2.10. The SMILES string of the molecule is CCOCCOc1ccc(-c2cccc(COc3ccc(C=O)cc3)c2C)c(C)c1. The van der Waals surface area contributed by atoms with Gasteiger partial charge in [0.05, 0.1) is 6.61 Å². The van der Waals surface area contributed by atoms with E-state index in [1.54, 1.807) is 12.1 Å². The van der Waals surface area contributed by atoms with Gasteiger partial charge >= 0.3 is 0 Å². The highest BCUT2D eigenvalue weighted by molar-refractivity contribution is 5.75. The summed E-state index contributed by atoms with van der Waals surface area (Å²) in [6.45, 7) is 8.51. The van der Waals surface area contributed by atoms with Gasteiger partial charge in [-0.3, -0.25) is 4.79 Å². The average Bonchev–Trinajstić information content (AvgIpc) is 2.77. The summed E-state index contributed by atoms with van der Waals surface area (Å²) in [6, 6.07) is 19.6. The number of ether oxygens (including phenoxy) is 3. The van der Waals surface area contributed by atoms with Gasteiger partial charge in [-0.15, -0.1) is 0 Å². The van der Waals surface area contributed by atoms with Crippen molar-refractivity contribution < 1.29 is 19.0 Å². The van der Waals surface area contributed by atoms with Crippen LogP contribution in [0.15, 0.2) is 60.7 Å². The van der Waals surface area contributed by atoms with E-state index in [-0.39, 0.29) is 0 Å². The predicted octanol–water partition coefficient (Wildman–Crippen LogP) is 5.78. The van der Waals surface area contributed by atoms with Crippen LogP contribution in [-0.4, -0.2) is 26.1 Å². The molecule has 0 radical (unpaired) electrons. The van der Waals surface area contributed by atoms with Crippen LogP contribution in [0.2, 0.25) is 0 Å². The van der Waals surface area contributed by atoms with Crippen LogP contribution in [-0.2, 0) is 11.3 Å². The molecular formula is C26H28O4. The van der Waals surface area contributed by atoms with E-state index in [1.165, 1.54) is 16.7 Å². The van der Waals surface area contributed by atoms with Crippen LogP contribution < -0.4 is 9.47 Å². The molecule has 0 fully saturated rings. The molecule has 0 saturated carbocycles. The van der Waals surface area contributed by atoms with Gasteiger partial charge in [0.15, 0.2) is 0 Å². The molecule has 0 heterocycles. The minimum absolute atomic E-state index is 0.470.